The Balaban J connectivity index is 3.17. The standard InChI is InChI=1S/C13H16Cl3NO2/c1-3-5-6-17(4-2)13(19)10-11(16)8(14)7-9(15)12(10)18/h7,18H,3-6H2,1-2H3. The van der Waals surface area contributed by atoms with Crippen LogP contribution in [0.2, 0.25) is 15.1 Å². The number of phenols is 1. The number of benzene rings is 1. The van der Waals surface area contributed by atoms with Gasteiger partial charge in [0.25, 0.3) is 5.91 Å². The zero-order valence-corrected chi connectivity index (χ0v) is 13.1. The molecule has 19 heavy (non-hydrogen) atoms. The van der Waals surface area contributed by atoms with Crippen molar-refractivity contribution < 1.29 is 9.90 Å². The lowest BCUT2D eigenvalue weighted by Crippen LogP contribution is -2.32. The van der Waals surface area contributed by atoms with Crippen LogP contribution in [-0.4, -0.2) is 29.0 Å². The molecule has 0 bridgehead atoms. The molecular weight excluding hydrogens is 309 g/mol. The summed E-state index contributed by atoms with van der Waals surface area (Å²) in [6, 6.07) is 1.32. The van der Waals surface area contributed by atoms with Crippen molar-refractivity contribution >= 4 is 40.7 Å². The van der Waals surface area contributed by atoms with Crippen LogP contribution in [0, 0.1) is 0 Å². The maximum Gasteiger partial charge on any atom is 0.259 e. The fourth-order valence-corrected chi connectivity index (χ4v) is 2.38. The zero-order chi connectivity index (χ0) is 14.6. The summed E-state index contributed by atoms with van der Waals surface area (Å²) >= 11 is 17.7. The number of halogens is 3. The molecule has 0 unspecified atom stereocenters. The minimum atomic E-state index is -0.358. The van der Waals surface area contributed by atoms with Gasteiger partial charge in [0.2, 0.25) is 0 Å². The lowest BCUT2D eigenvalue weighted by Gasteiger charge is -2.22. The number of unbranched alkanes of at least 4 members (excludes halogenated alkanes) is 1. The molecule has 0 spiro atoms. The van der Waals surface area contributed by atoms with E-state index < -0.39 is 0 Å². The predicted molar refractivity (Wildman–Crippen MR) is 79.6 cm³/mol. The average molecular weight is 325 g/mol. The molecule has 0 heterocycles. The highest BCUT2D eigenvalue weighted by atomic mass is 35.5. The molecule has 1 aromatic carbocycles. The van der Waals surface area contributed by atoms with Crippen LogP contribution in [0.15, 0.2) is 6.07 Å². The monoisotopic (exact) mass is 323 g/mol. The number of phenolic OH excluding ortho intramolecular Hbond substituents is 1. The normalized spacial score (nSPS) is 10.6. The van der Waals surface area contributed by atoms with Crippen molar-refractivity contribution in [2.45, 2.75) is 26.7 Å². The summed E-state index contributed by atoms with van der Waals surface area (Å²) in [5.74, 6) is -0.682. The first kappa shape index (κ1) is 16.4. The number of hydrogen-bond donors (Lipinski definition) is 1. The van der Waals surface area contributed by atoms with Crippen LogP contribution in [0.25, 0.3) is 0 Å². The van der Waals surface area contributed by atoms with E-state index in [1.54, 1.807) is 4.90 Å². The second kappa shape index (κ2) is 7.22. The number of aromatic hydroxyl groups is 1. The molecular formula is C13H16Cl3NO2. The molecule has 0 radical (unpaired) electrons. The summed E-state index contributed by atoms with van der Waals surface area (Å²) in [5, 5.41) is 10.1. The van der Waals surface area contributed by atoms with Gasteiger partial charge in [-0.1, -0.05) is 48.1 Å². The molecule has 0 aliphatic rings. The van der Waals surface area contributed by atoms with Crippen LogP contribution in [0.1, 0.15) is 37.0 Å². The molecule has 106 valence electrons. The van der Waals surface area contributed by atoms with E-state index in [1.165, 1.54) is 6.07 Å². The van der Waals surface area contributed by atoms with E-state index in [2.05, 4.69) is 0 Å². The first-order chi connectivity index (χ1) is 8.93. The van der Waals surface area contributed by atoms with Crippen molar-refractivity contribution in [2.24, 2.45) is 0 Å². The summed E-state index contributed by atoms with van der Waals surface area (Å²) in [4.78, 5) is 14.0. The molecule has 0 aromatic heterocycles. The smallest absolute Gasteiger partial charge is 0.259 e. The third kappa shape index (κ3) is 3.68. The summed E-state index contributed by atoms with van der Waals surface area (Å²) in [6.07, 6.45) is 1.85. The van der Waals surface area contributed by atoms with Gasteiger partial charge in [-0.15, -0.1) is 0 Å². The Morgan fingerprint density at radius 3 is 2.42 bits per heavy atom. The second-order valence-corrected chi connectivity index (χ2v) is 5.31. The molecule has 0 aliphatic carbocycles. The molecule has 0 fully saturated rings. The average Bonchev–Trinajstić information content (AvgIpc) is 2.37. The third-order valence-corrected chi connectivity index (χ3v) is 3.89. The summed E-state index contributed by atoms with van der Waals surface area (Å²) < 4.78 is 0. The molecule has 1 N–H and O–H groups in total. The van der Waals surface area contributed by atoms with E-state index >= 15 is 0 Å². The van der Waals surface area contributed by atoms with Crippen LogP contribution in [-0.2, 0) is 0 Å². The Morgan fingerprint density at radius 2 is 1.89 bits per heavy atom. The third-order valence-electron chi connectivity index (χ3n) is 2.81. The van der Waals surface area contributed by atoms with Crippen LogP contribution in [0.3, 0.4) is 0 Å². The first-order valence-corrected chi connectivity index (χ1v) is 7.23. The molecule has 0 aliphatic heterocycles. The predicted octanol–water partition coefficient (Wildman–Crippen LogP) is 4.61. The van der Waals surface area contributed by atoms with Crippen molar-refractivity contribution in [2.75, 3.05) is 13.1 Å². The summed E-state index contributed by atoms with van der Waals surface area (Å²) in [7, 11) is 0. The lowest BCUT2D eigenvalue weighted by molar-refractivity contribution is 0.0759. The quantitative estimate of drug-likeness (QED) is 0.803. The molecule has 0 atom stereocenters. The highest BCUT2D eigenvalue weighted by Crippen LogP contribution is 2.39. The number of rotatable bonds is 5. The van der Waals surface area contributed by atoms with Gasteiger partial charge in [-0.05, 0) is 19.4 Å². The van der Waals surface area contributed by atoms with E-state index in [1.807, 2.05) is 13.8 Å². The van der Waals surface area contributed by atoms with Crippen LogP contribution < -0.4 is 0 Å². The number of nitrogens with zero attached hydrogens (tertiary/aromatic N) is 1. The minimum absolute atomic E-state index is 0.0179. The fourth-order valence-electron chi connectivity index (χ4n) is 1.69. The van der Waals surface area contributed by atoms with Gasteiger partial charge in [0.05, 0.1) is 15.1 Å². The van der Waals surface area contributed by atoms with Gasteiger partial charge in [0.1, 0.15) is 11.3 Å². The highest BCUT2D eigenvalue weighted by Gasteiger charge is 2.24. The summed E-state index contributed by atoms with van der Waals surface area (Å²) in [6.45, 7) is 5.04. The van der Waals surface area contributed by atoms with E-state index in [0.717, 1.165) is 12.8 Å². The highest BCUT2D eigenvalue weighted by molar-refractivity contribution is 6.45. The largest absolute Gasteiger partial charge is 0.505 e. The number of carbonyl (C=O) groups excluding carboxylic acids is 1. The molecule has 0 saturated heterocycles. The molecule has 0 saturated carbocycles. The van der Waals surface area contributed by atoms with Crippen molar-refractivity contribution in [3.8, 4) is 5.75 Å². The van der Waals surface area contributed by atoms with E-state index in [9.17, 15) is 9.90 Å². The minimum Gasteiger partial charge on any atom is -0.505 e. The van der Waals surface area contributed by atoms with Crippen LogP contribution in [0.4, 0.5) is 0 Å². The van der Waals surface area contributed by atoms with Gasteiger partial charge in [-0.2, -0.15) is 0 Å². The van der Waals surface area contributed by atoms with Gasteiger partial charge in [0, 0.05) is 13.1 Å². The van der Waals surface area contributed by atoms with Gasteiger partial charge in [-0.25, -0.2) is 0 Å². The Hall–Kier alpha value is -0.640. The topological polar surface area (TPSA) is 40.5 Å². The summed E-state index contributed by atoms with van der Waals surface area (Å²) in [5.41, 5.74) is -0.0304. The van der Waals surface area contributed by atoms with Crippen LogP contribution in [0.5, 0.6) is 5.75 Å². The number of hydrogen-bond acceptors (Lipinski definition) is 2. The Kier molecular flexibility index (Phi) is 6.24. The zero-order valence-electron chi connectivity index (χ0n) is 10.8. The fraction of sp³-hybridized carbons (Fsp3) is 0.462. The molecule has 6 heteroatoms. The SMILES string of the molecule is CCCCN(CC)C(=O)c1c(O)c(Cl)cc(Cl)c1Cl. The molecule has 1 amide bonds. The molecule has 1 aromatic rings. The Bertz CT molecular complexity index is 451. The lowest BCUT2D eigenvalue weighted by atomic mass is 10.1. The van der Waals surface area contributed by atoms with Crippen LogP contribution >= 0.6 is 34.8 Å². The van der Waals surface area contributed by atoms with E-state index in [4.69, 9.17) is 34.8 Å². The number of carbonyl (C=O) groups is 1. The second-order valence-electron chi connectivity index (χ2n) is 4.12. The van der Waals surface area contributed by atoms with Gasteiger partial charge in [0.15, 0.2) is 0 Å². The first-order valence-electron chi connectivity index (χ1n) is 6.09. The Morgan fingerprint density at radius 1 is 1.26 bits per heavy atom. The maximum absolute atomic E-state index is 12.4. The van der Waals surface area contributed by atoms with Gasteiger partial charge < -0.3 is 10.0 Å². The number of amides is 1. The van der Waals surface area contributed by atoms with E-state index in [0.29, 0.717) is 13.1 Å². The van der Waals surface area contributed by atoms with Gasteiger partial charge >= 0.3 is 0 Å². The van der Waals surface area contributed by atoms with Crippen molar-refractivity contribution in [3.63, 3.8) is 0 Å². The van der Waals surface area contributed by atoms with Gasteiger partial charge in [-0.3, -0.25) is 4.79 Å². The molecule has 1 rings (SSSR count). The van der Waals surface area contributed by atoms with E-state index in [-0.39, 0.29) is 32.3 Å². The molecule has 3 nitrogen and oxygen atoms in total. The maximum atomic E-state index is 12.4. The van der Waals surface area contributed by atoms with Crippen molar-refractivity contribution in [1.82, 2.24) is 4.90 Å². The Labute approximate surface area is 128 Å². The van der Waals surface area contributed by atoms with Crippen molar-refractivity contribution in [1.29, 1.82) is 0 Å². The van der Waals surface area contributed by atoms with Crippen molar-refractivity contribution in [3.05, 3.63) is 26.7 Å².